The normalized spacial score (nSPS) is 16.6. The van der Waals surface area contributed by atoms with E-state index in [1.54, 1.807) is 11.8 Å². The quantitative estimate of drug-likeness (QED) is 0.528. The molecule has 1 aliphatic heterocycles. The third kappa shape index (κ3) is 14.1. The molecule has 0 spiro atoms. The molecular weight excluding hydrogens is 468 g/mol. The Morgan fingerprint density at radius 1 is 1.17 bits per heavy atom. The first-order valence-corrected chi connectivity index (χ1v) is 14.3. The van der Waals surface area contributed by atoms with Crippen LogP contribution in [-0.2, 0) is 14.6 Å². The van der Waals surface area contributed by atoms with Crippen molar-refractivity contribution in [3.8, 4) is 5.75 Å². The number of hydrogen-bond acceptors (Lipinski definition) is 7. The van der Waals surface area contributed by atoms with Gasteiger partial charge in [-0.1, -0.05) is 45.4 Å². The molecular formula is C26H46N2O6S. The van der Waals surface area contributed by atoms with Gasteiger partial charge in [0.05, 0.1) is 18.4 Å². The molecule has 1 amide bonds. The number of carbonyl (C=O) groups is 1. The Labute approximate surface area is 212 Å². The lowest BCUT2D eigenvalue weighted by Crippen LogP contribution is -2.41. The molecule has 1 saturated heterocycles. The zero-order chi connectivity index (χ0) is 27.0. The van der Waals surface area contributed by atoms with Crippen LogP contribution in [0.3, 0.4) is 0 Å². The molecule has 35 heavy (non-hydrogen) atoms. The first-order valence-electron chi connectivity index (χ1n) is 12.4. The van der Waals surface area contributed by atoms with Gasteiger partial charge in [0.1, 0.15) is 5.75 Å². The summed E-state index contributed by atoms with van der Waals surface area (Å²) in [5.74, 6) is 1.09. The Balaban J connectivity index is 0.000000489. The largest absolute Gasteiger partial charge is 0.506 e. The first kappa shape index (κ1) is 32.9. The van der Waals surface area contributed by atoms with Gasteiger partial charge in [-0.05, 0) is 51.2 Å². The highest BCUT2D eigenvalue weighted by Crippen LogP contribution is 2.25. The lowest BCUT2D eigenvalue weighted by atomic mass is 9.88. The van der Waals surface area contributed by atoms with Gasteiger partial charge in [-0.3, -0.25) is 0 Å². The van der Waals surface area contributed by atoms with Gasteiger partial charge in [0.2, 0.25) is 0 Å². The summed E-state index contributed by atoms with van der Waals surface area (Å²) in [6, 6.07) is 1.34. The van der Waals surface area contributed by atoms with Crippen molar-refractivity contribution in [2.75, 3.05) is 19.3 Å². The van der Waals surface area contributed by atoms with Crippen LogP contribution in [0.15, 0.2) is 30.4 Å². The topological polar surface area (TPSA) is 117 Å². The van der Waals surface area contributed by atoms with Crippen molar-refractivity contribution in [3.63, 3.8) is 0 Å². The van der Waals surface area contributed by atoms with Crippen LogP contribution < -0.4 is 0 Å². The van der Waals surface area contributed by atoms with E-state index in [-0.39, 0.29) is 29.1 Å². The molecule has 2 N–H and O–H groups in total. The summed E-state index contributed by atoms with van der Waals surface area (Å²) in [4.78, 5) is 16.6. The Hall–Kier alpha value is -2.13. The highest BCUT2D eigenvalue weighted by Gasteiger charge is 2.22. The van der Waals surface area contributed by atoms with Gasteiger partial charge in [-0.15, -0.1) is 13.2 Å². The molecule has 0 radical (unpaired) electrons. The summed E-state index contributed by atoms with van der Waals surface area (Å²) in [6.07, 6.45) is 11.9. The number of pyridine rings is 1. The third-order valence-corrected chi connectivity index (χ3v) is 6.78. The molecule has 1 aromatic rings. The summed E-state index contributed by atoms with van der Waals surface area (Å²) >= 11 is 0. The number of carbonyl (C=O) groups excluding carboxylic acids is 1. The number of aryl methyl sites for hydroxylation is 1. The highest BCUT2D eigenvalue weighted by atomic mass is 32.2. The third-order valence-electron chi connectivity index (χ3n) is 5.80. The van der Waals surface area contributed by atoms with Crippen molar-refractivity contribution in [1.82, 2.24) is 9.88 Å². The van der Waals surface area contributed by atoms with E-state index >= 15 is 0 Å². The molecule has 2 fully saturated rings. The molecule has 0 atom stereocenters. The van der Waals surface area contributed by atoms with E-state index in [9.17, 15) is 18.3 Å². The number of aliphatic hydroxyl groups is 1. The van der Waals surface area contributed by atoms with E-state index in [1.165, 1.54) is 44.6 Å². The second-order valence-electron chi connectivity index (χ2n) is 9.14. The minimum absolute atomic E-state index is 0.00222. The summed E-state index contributed by atoms with van der Waals surface area (Å²) in [5.41, 5.74) is 0.505. The number of nitrogens with zero attached hydrogens (tertiary/aromatic N) is 2. The zero-order valence-corrected chi connectivity index (χ0v) is 23.0. The van der Waals surface area contributed by atoms with Crippen LogP contribution >= 0.6 is 0 Å². The van der Waals surface area contributed by atoms with E-state index < -0.39 is 9.84 Å². The number of rotatable bonds is 3. The molecule has 9 heteroatoms. The van der Waals surface area contributed by atoms with Crippen molar-refractivity contribution in [2.24, 2.45) is 5.92 Å². The molecule has 2 heterocycles. The number of amides is 1. The Kier molecular flexibility index (Phi) is 16.3. The number of ether oxygens (including phenoxy) is 1. The van der Waals surface area contributed by atoms with E-state index in [2.05, 4.69) is 25.1 Å². The maximum Gasteiger partial charge on any atom is 0.410 e. The van der Waals surface area contributed by atoms with Crippen LogP contribution in [0, 0.1) is 12.8 Å². The van der Waals surface area contributed by atoms with Crippen molar-refractivity contribution >= 4 is 15.9 Å². The number of aliphatic hydroxyl groups excluding tert-OH is 1. The first-order chi connectivity index (χ1) is 16.4. The average molecular weight is 515 g/mol. The molecule has 1 aromatic heterocycles. The summed E-state index contributed by atoms with van der Waals surface area (Å²) < 4.78 is 26.9. The van der Waals surface area contributed by atoms with Crippen LogP contribution in [0.4, 0.5) is 4.79 Å². The van der Waals surface area contributed by atoms with E-state index in [4.69, 9.17) is 9.84 Å². The molecule has 1 saturated carbocycles. The van der Waals surface area contributed by atoms with E-state index in [0.717, 1.165) is 18.4 Å². The summed E-state index contributed by atoms with van der Waals surface area (Å²) in [5, 5.41) is 18.2. The van der Waals surface area contributed by atoms with Crippen molar-refractivity contribution in [2.45, 2.75) is 96.3 Å². The lowest BCUT2D eigenvalue weighted by Gasteiger charge is -2.29. The van der Waals surface area contributed by atoms with Crippen molar-refractivity contribution in [1.29, 1.82) is 0 Å². The van der Waals surface area contributed by atoms with E-state index in [1.807, 2.05) is 13.8 Å². The minimum atomic E-state index is -3.26. The van der Waals surface area contributed by atoms with Gasteiger partial charge >= 0.3 is 6.09 Å². The standard InChI is InChI=1S/C9H17NO3.C8H16.C7H9NO3S.C2H4/c1-7(2)13-9(12)10-5-3-8(11)4-6-10;1-2-8-6-4-3-5-7-8;1-5-3-7(12(2,10)11)8-4-6(5)9;1-2/h7-8,11H,3-6H2,1-2H3;8H,2-7H2,1H3;3-4,9H,1-2H3;1-2H2. The number of hydrogen-bond donors (Lipinski definition) is 2. The fourth-order valence-corrected chi connectivity index (χ4v) is 4.28. The molecule has 202 valence electrons. The number of aromatic nitrogens is 1. The number of piperidine rings is 1. The fourth-order valence-electron chi connectivity index (χ4n) is 3.65. The van der Waals surface area contributed by atoms with Gasteiger partial charge in [-0.2, -0.15) is 0 Å². The van der Waals surface area contributed by atoms with Crippen molar-refractivity contribution in [3.05, 3.63) is 31.0 Å². The van der Waals surface area contributed by atoms with Gasteiger partial charge in [-0.25, -0.2) is 18.2 Å². The fraction of sp³-hybridized carbons (Fsp3) is 0.692. The van der Waals surface area contributed by atoms with Crippen LogP contribution in [0.25, 0.3) is 0 Å². The predicted octanol–water partition coefficient (Wildman–Crippen LogP) is 5.27. The monoisotopic (exact) mass is 514 g/mol. The van der Waals surface area contributed by atoms with Crippen LogP contribution in [0.5, 0.6) is 5.75 Å². The van der Waals surface area contributed by atoms with Gasteiger partial charge in [0.15, 0.2) is 14.9 Å². The zero-order valence-electron chi connectivity index (χ0n) is 22.2. The van der Waals surface area contributed by atoms with Crippen LogP contribution in [-0.4, -0.2) is 66.2 Å². The highest BCUT2D eigenvalue weighted by molar-refractivity contribution is 7.90. The molecule has 8 nitrogen and oxygen atoms in total. The predicted molar refractivity (Wildman–Crippen MR) is 140 cm³/mol. The maximum absolute atomic E-state index is 11.3. The van der Waals surface area contributed by atoms with E-state index in [0.29, 0.717) is 31.5 Å². The van der Waals surface area contributed by atoms with Crippen molar-refractivity contribution < 1.29 is 28.2 Å². The SMILES string of the molecule is C=C.CC(C)OC(=O)N1CCC(O)CC1.CCC1CCCCC1.Cc1cc(S(C)(=O)=O)ncc1O. The van der Waals surface area contributed by atoms with Crippen LogP contribution in [0.2, 0.25) is 0 Å². The molecule has 2 aliphatic rings. The maximum atomic E-state index is 11.3. The molecule has 0 aromatic carbocycles. The number of sulfone groups is 1. The Bertz CT molecular complexity index is 830. The second kappa shape index (κ2) is 17.3. The Morgan fingerprint density at radius 3 is 2.11 bits per heavy atom. The molecule has 0 bridgehead atoms. The van der Waals surface area contributed by atoms with Gasteiger partial charge in [0.25, 0.3) is 0 Å². The molecule has 3 rings (SSSR count). The summed E-state index contributed by atoms with van der Waals surface area (Å²) in [7, 11) is -3.26. The second-order valence-corrected chi connectivity index (χ2v) is 11.1. The molecule has 1 aliphatic carbocycles. The number of likely N-dealkylation sites (tertiary alicyclic amines) is 1. The van der Waals surface area contributed by atoms with Crippen LogP contribution in [0.1, 0.15) is 77.7 Å². The number of aromatic hydroxyl groups is 1. The summed E-state index contributed by atoms with van der Waals surface area (Å²) in [6.45, 7) is 14.8. The molecule has 0 unspecified atom stereocenters. The average Bonchev–Trinajstić information content (AvgIpc) is 2.83. The smallest absolute Gasteiger partial charge is 0.410 e. The lowest BCUT2D eigenvalue weighted by molar-refractivity contribution is 0.0457. The Morgan fingerprint density at radius 2 is 1.71 bits per heavy atom. The van der Waals surface area contributed by atoms with Gasteiger partial charge in [0, 0.05) is 19.3 Å². The van der Waals surface area contributed by atoms with Gasteiger partial charge < -0.3 is 19.8 Å². The minimum Gasteiger partial charge on any atom is -0.506 e.